The van der Waals surface area contributed by atoms with Crippen LogP contribution in [0.3, 0.4) is 0 Å². The first kappa shape index (κ1) is 16.2. The molecular weight excluding hydrogens is 332 g/mol. The number of thiazole rings is 1. The molecule has 2 aromatic heterocycles. The maximum Gasteiger partial charge on any atom is 0.242 e. The third kappa shape index (κ3) is 3.70. The molecular formula is C12H15ClN4O2S2. The monoisotopic (exact) mass is 346 g/mol. The highest BCUT2D eigenvalue weighted by Crippen LogP contribution is 2.24. The number of hydrogen-bond donors (Lipinski definition) is 2. The van der Waals surface area contributed by atoms with E-state index < -0.39 is 16.1 Å². The van der Waals surface area contributed by atoms with Gasteiger partial charge in [0.2, 0.25) is 10.0 Å². The van der Waals surface area contributed by atoms with Gasteiger partial charge in [0.25, 0.3) is 0 Å². The van der Waals surface area contributed by atoms with Gasteiger partial charge in [-0.2, -0.15) is 0 Å². The van der Waals surface area contributed by atoms with Crippen molar-refractivity contribution >= 4 is 38.8 Å². The minimum Gasteiger partial charge on any atom is -0.372 e. The van der Waals surface area contributed by atoms with E-state index in [0.717, 1.165) is 4.88 Å². The van der Waals surface area contributed by atoms with E-state index in [-0.39, 0.29) is 9.92 Å². The van der Waals surface area contributed by atoms with Crippen LogP contribution in [0.15, 0.2) is 23.4 Å². The second-order valence-electron chi connectivity index (χ2n) is 4.40. The van der Waals surface area contributed by atoms with E-state index in [4.69, 9.17) is 11.6 Å². The number of nitrogens with one attached hydrogen (secondary N) is 2. The minimum absolute atomic E-state index is 0.0200. The first-order valence-electron chi connectivity index (χ1n) is 6.11. The highest BCUT2D eigenvalue weighted by molar-refractivity contribution is 7.89. The van der Waals surface area contributed by atoms with Crippen LogP contribution in [0.4, 0.5) is 5.82 Å². The van der Waals surface area contributed by atoms with Crippen molar-refractivity contribution < 1.29 is 8.42 Å². The molecule has 0 aromatic carbocycles. The number of aromatic nitrogens is 2. The molecule has 0 aliphatic rings. The molecule has 6 nitrogen and oxygen atoms in total. The number of sulfonamides is 1. The van der Waals surface area contributed by atoms with Gasteiger partial charge in [0.05, 0.1) is 11.1 Å². The molecule has 0 amide bonds. The third-order valence-corrected chi connectivity index (χ3v) is 5.60. The summed E-state index contributed by atoms with van der Waals surface area (Å²) in [6.07, 6.45) is 2.98. The van der Waals surface area contributed by atoms with Gasteiger partial charge in [0.15, 0.2) is 0 Å². The lowest BCUT2D eigenvalue weighted by Crippen LogP contribution is -2.27. The number of nitrogens with zero attached hydrogens (tertiary/aromatic N) is 2. The van der Waals surface area contributed by atoms with Crippen molar-refractivity contribution in [1.29, 1.82) is 0 Å². The van der Waals surface area contributed by atoms with Crippen LogP contribution in [0.25, 0.3) is 0 Å². The fourth-order valence-electron chi connectivity index (χ4n) is 1.67. The van der Waals surface area contributed by atoms with E-state index in [1.807, 2.05) is 6.92 Å². The van der Waals surface area contributed by atoms with Gasteiger partial charge in [-0.05, 0) is 19.9 Å². The second-order valence-corrected chi connectivity index (χ2v) is 7.79. The van der Waals surface area contributed by atoms with E-state index in [1.54, 1.807) is 20.2 Å². The number of rotatable bonds is 5. The van der Waals surface area contributed by atoms with Gasteiger partial charge >= 0.3 is 0 Å². The van der Waals surface area contributed by atoms with E-state index in [2.05, 4.69) is 20.0 Å². The quantitative estimate of drug-likeness (QED) is 0.869. The molecule has 2 heterocycles. The zero-order chi connectivity index (χ0) is 15.6. The average Bonchev–Trinajstić information content (AvgIpc) is 2.85. The molecule has 0 saturated heterocycles. The molecule has 2 N–H and O–H groups in total. The van der Waals surface area contributed by atoms with E-state index >= 15 is 0 Å². The van der Waals surface area contributed by atoms with Crippen molar-refractivity contribution in [1.82, 2.24) is 14.7 Å². The zero-order valence-corrected chi connectivity index (χ0v) is 14.1. The molecule has 1 atom stereocenters. The van der Waals surface area contributed by atoms with E-state index in [1.165, 1.54) is 23.6 Å². The van der Waals surface area contributed by atoms with Crippen LogP contribution >= 0.6 is 22.9 Å². The van der Waals surface area contributed by atoms with Crippen LogP contribution in [0, 0.1) is 6.92 Å². The molecule has 0 bridgehead atoms. The van der Waals surface area contributed by atoms with Gasteiger partial charge in [-0.25, -0.2) is 23.1 Å². The van der Waals surface area contributed by atoms with E-state index in [0.29, 0.717) is 10.8 Å². The summed E-state index contributed by atoms with van der Waals surface area (Å²) in [5, 5.41) is 3.74. The summed E-state index contributed by atoms with van der Waals surface area (Å²) in [5.41, 5.74) is 0. The lowest BCUT2D eigenvalue weighted by molar-refractivity contribution is 0.566. The summed E-state index contributed by atoms with van der Waals surface area (Å²) in [4.78, 5) is 9.20. The van der Waals surface area contributed by atoms with Crippen molar-refractivity contribution in [2.75, 3.05) is 12.4 Å². The van der Waals surface area contributed by atoms with Crippen molar-refractivity contribution in [2.24, 2.45) is 0 Å². The van der Waals surface area contributed by atoms with Crippen molar-refractivity contribution in [2.45, 2.75) is 24.8 Å². The first-order chi connectivity index (χ1) is 9.83. The van der Waals surface area contributed by atoms with Gasteiger partial charge in [-0.15, -0.1) is 11.3 Å². The van der Waals surface area contributed by atoms with Gasteiger partial charge in [-0.3, -0.25) is 0 Å². The molecule has 0 radical (unpaired) electrons. The van der Waals surface area contributed by atoms with Crippen LogP contribution < -0.4 is 10.0 Å². The minimum atomic E-state index is -3.70. The van der Waals surface area contributed by atoms with Crippen LogP contribution in [0.1, 0.15) is 22.9 Å². The van der Waals surface area contributed by atoms with Gasteiger partial charge in [0, 0.05) is 24.3 Å². The predicted molar refractivity (Wildman–Crippen MR) is 84.4 cm³/mol. The normalized spacial score (nSPS) is 13.1. The Labute approximate surface area is 132 Å². The number of halogens is 1. The molecule has 2 rings (SSSR count). The van der Waals surface area contributed by atoms with E-state index in [9.17, 15) is 8.42 Å². The van der Waals surface area contributed by atoms with Gasteiger partial charge in [-0.1, -0.05) is 11.6 Å². The predicted octanol–water partition coefficient (Wildman–Crippen LogP) is 2.58. The molecule has 0 fully saturated rings. The SMILES string of the molecule is CNc1ncc(S(=O)(=O)NC(C)c2ncc(C)s2)cc1Cl. The molecule has 0 saturated carbocycles. The number of pyridine rings is 1. The maximum absolute atomic E-state index is 12.3. The fourth-order valence-corrected chi connectivity index (χ4v) is 4.03. The highest BCUT2D eigenvalue weighted by atomic mass is 35.5. The summed E-state index contributed by atoms with van der Waals surface area (Å²) in [7, 11) is -2.04. The fraction of sp³-hybridized carbons (Fsp3) is 0.333. The van der Waals surface area contributed by atoms with Crippen LogP contribution in [0.5, 0.6) is 0 Å². The van der Waals surface area contributed by atoms with Crippen LogP contribution in [-0.2, 0) is 10.0 Å². The highest BCUT2D eigenvalue weighted by Gasteiger charge is 2.21. The molecule has 0 aliphatic carbocycles. The topological polar surface area (TPSA) is 84.0 Å². The van der Waals surface area contributed by atoms with Crippen LogP contribution in [0.2, 0.25) is 5.02 Å². The summed E-state index contributed by atoms with van der Waals surface area (Å²) < 4.78 is 27.2. The second kappa shape index (κ2) is 6.27. The standard InChI is InChI=1S/C12H15ClN4O2S2/c1-7-5-16-12(20-7)8(2)17-21(18,19)9-4-10(13)11(14-3)15-6-9/h4-6,8,17H,1-3H3,(H,14,15). The Morgan fingerprint density at radius 3 is 2.57 bits per heavy atom. The summed E-state index contributed by atoms with van der Waals surface area (Å²) in [5.74, 6) is 0.430. The van der Waals surface area contributed by atoms with Crippen molar-refractivity contribution in [3.63, 3.8) is 0 Å². The van der Waals surface area contributed by atoms with Crippen LogP contribution in [-0.4, -0.2) is 25.4 Å². The number of anilines is 1. The Balaban J connectivity index is 2.24. The molecule has 9 heteroatoms. The molecule has 0 spiro atoms. The Hall–Kier alpha value is -1.22. The van der Waals surface area contributed by atoms with Gasteiger partial charge in [0.1, 0.15) is 15.7 Å². The smallest absolute Gasteiger partial charge is 0.242 e. The third-order valence-electron chi connectivity index (χ3n) is 2.70. The summed E-state index contributed by atoms with van der Waals surface area (Å²) >= 11 is 7.42. The lowest BCUT2D eigenvalue weighted by atomic mass is 10.4. The molecule has 2 aromatic rings. The van der Waals surface area contributed by atoms with Gasteiger partial charge < -0.3 is 5.32 Å². The lowest BCUT2D eigenvalue weighted by Gasteiger charge is -2.12. The average molecular weight is 347 g/mol. The molecule has 0 aliphatic heterocycles. The van der Waals surface area contributed by atoms with Crippen molar-refractivity contribution in [3.05, 3.63) is 33.4 Å². The molecule has 21 heavy (non-hydrogen) atoms. The Kier molecular flexibility index (Phi) is 4.82. The first-order valence-corrected chi connectivity index (χ1v) is 8.79. The number of hydrogen-bond acceptors (Lipinski definition) is 6. The van der Waals surface area contributed by atoms with Crippen molar-refractivity contribution in [3.8, 4) is 0 Å². The Morgan fingerprint density at radius 2 is 2.05 bits per heavy atom. The summed E-state index contributed by atoms with van der Waals surface area (Å²) in [6, 6.07) is 0.944. The Bertz CT molecular complexity index is 745. The molecule has 114 valence electrons. The Morgan fingerprint density at radius 1 is 1.33 bits per heavy atom. The maximum atomic E-state index is 12.3. The number of aryl methyl sites for hydroxylation is 1. The molecule has 1 unspecified atom stereocenters. The zero-order valence-electron chi connectivity index (χ0n) is 11.7. The largest absolute Gasteiger partial charge is 0.372 e. The summed E-state index contributed by atoms with van der Waals surface area (Å²) in [6.45, 7) is 3.66.